The number of benzene rings is 2. The minimum absolute atomic E-state index is 0.216. The molecular formula is C14H11F3O. The Morgan fingerprint density at radius 1 is 0.833 bits per heavy atom. The summed E-state index contributed by atoms with van der Waals surface area (Å²) in [6, 6.07) is 16.0. The maximum Gasteiger partial charge on any atom is 0.422 e. The van der Waals surface area contributed by atoms with Crippen molar-refractivity contribution in [2.75, 3.05) is 6.61 Å². The van der Waals surface area contributed by atoms with Crippen molar-refractivity contribution in [3.05, 3.63) is 54.6 Å². The molecule has 0 N–H and O–H groups in total. The second kappa shape index (κ2) is 5.12. The van der Waals surface area contributed by atoms with Crippen LogP contribution in [0.25, 0.3) is 11.1 Å². The number of hydrogen-bond donors (Lipinski definition) is 0. The van der Waals surface area contributed by atoms with Gasteiger partial charge in [-0.2, -0.15) is 13.2 Å². The number of hydrogen-bond acceptors (Lipinski definition) is 1. The van der Waals surface area contributed by atoms with Crippen LogP contribution in [0.2, 0.25) is 0 Å². The summed E-state index contributed by atoms with van der Waals surface area (Å²) in [5.74, 6) is 0.216. The molecule has 1 nitrogen and oxygen atoms in total. The molecule has 0 unspecified atom stereocenters. The Bertz CT molecular complexity index is 506. The van der Waals surface area contributed by atoms with E-state index in [2.05, 4.69) is 0 Å². The van der Waals surface area contributed by atoms with Crippen molar-refractivity contribution >= 4 is 0 Å². The molecule has 0 fully saturated rings. The molecule has 0 spiro atoms. The van der Waals surface area contributed by atoms with E-state index < -0.39 is 12.8 Å². The molecule has 2 aromatic carbocycles. The molecule has 0 saturated heterocycles. The molecule has 0 radical (unpaired) electrons. The molecule has 2 aromatic rings. The van der Waals surface area contributed by atoms with E-state index in [9.17, 15) is 13.2 Å². The Morgan fingerprint density at radius 3 is 2.17 bits per heavy atom. The van der Waals surface area contributed by atoms with Gasteiger partial charge in [-0.25, -0.2) is 0 Å². The first-order valence-electron chi connectivity index (χ1n) is 5.40. The van der Waals surface area contributed by atoms with Crippen molar-refractivity contribution in [2.45, 2.75) is 6.18 Å². The summed E-state index contributed by atoms with van der Waals surface area (Å²) in [5.41, 5.74) is 1.77. The highest BCUT2D eigenvalue weighted by Crippen LogP contribution is 2.25. The predicted molar refractivity (Wildman–Crippen MR) is 63.4 cm³/mol. The van der Waals surface area contributed by atoms with Gasteiger partial charge in [0.2, 0.25) is 0 Å². The quantitative estimate of drug-likeness (QED) is 0.791. The molecule has 0 amide bonds. The van der Waals surface area contributed by atoms with Crippen LogP contribution in [0.4, 0.5) is 13.2 Å². The van der Waals surface area contributed by atoms with E-state index >= 15 is 0 Å². The van der Waals surface area contributed by atoms with Crippen molar-refractivity contribution in [2.24, 2.45) is 0 Å². The number of halogens is 3. The molecule has 4 heteroatoms. The van der Waals surface area contributed by atoms with Crippen LogP contribution in [0.3, 0.4) is 0 Å². The van der Waals surface area contributed by atoms with Gasteiger partial charge in [-0.05, 0) is 23.3 Å². The molecule has 0 saturated carbocycles. The Hall–Kier alpha value is -1.97. The molecule has 0 aliphatic carbocycles. The van der Waals surface area contributed by atoms with E-state index in [0.717, 1.165) is 11.1 Å². The lowest BCUT2D eigenvalue weighted by Crippen LogP contribution is -2.19. The largest absolute Gasteiger partial charge is 0.484 e. The molecule has 94 valence electrons. The lowest BCUT2D eigenvalue weighted by molar-refractivity contribution is -0.153. The van der Waals surface area contributed by atoms with Crippen LogP contribution in [0.1, 0.15) is 0 Å². The topological polar surface area (TPSA) is 9.23 Å². The van der Waals surface area contributed by atoms with Gasteiger partial charge in [0.15, 0.2) is 6.61 Å². The van der Waals surface area contributed by atoms with Gasteiger partial charge in [-0.1, -0.05) is 42.5 Å². The van der Waals surface area contributed by atoms with Gasteiger partial charge in [0, 0.05) is 0 Å². The van der Waals surface area contributed by atoms with Crippen LogP contribution >= 0.6 is 0 Å². The molecule has 0 aliphatic heterocycles. The third-order valence-corrected chi connectivity index (χ3v) is 2.34. The molecule has 2 rings (SSSR count). The maximum absolute atomic E-state index is 12.0. The zero-order valence-electron chi connectivity index (χ0n) is 9.45. The fraction of sp³-hybridized carbons (Fsp3) is 0.143. The Balaban J connectivity index is 2.16. The van der Waals surface area contributed by atoms with Crippen molar-refractivity contribution in [1.29, 1.82) is 0 Å². The third-order valence-electron chi connectivity index (χ3n) is 2.34. The van der Waals surface area contributed by atoms with Gasteiger partial charge in [0.05, 0.1) is 0 Å². The summed E-state index contributed by atoms with van der Waals surface area (Å²) in [4.78, 5) is 0. The van der Waals surface area contributed by atoms with E-state index in [4.69, 9.17) is 4.74 Å². The molecule has 0 bridgehead atoms. The van der Waals surface area contributed by atoms with Gasteiger partial charge in [-0.3, -0.25) is 0 Å². The summed E-state index contributed by atoms with van der Waals surface area (Å²) in [6.07, 6.45) is -4.32. The predicted octanol–water partition coefficient (Wildman–Crippen LogP) is 4.29. The van der Waals surface area contributed by atoms with E-state index in [1.54, 1.807) is 12.1 Å². The first kappa shape index (κ1) is 12.5. The van der Waals surface area contributed by atoms with Crippen LogP contribution in [-0.4, -0.2) is 12.8 Å². The zero-order chi connectivity index (χ0) is 13.0. The summed E-state index contributed by atoms with van der Waals surface area (Å²) in [5, 5.41) is 0. The Kier molecular flexibility index (Phi) is 3.55. The first-order chi connectivity index (χ1) is 8.54. The summed E-state index contributed by atoms with van der Waals surface area (Å²) >= 11 is 0. The van der Waals surface area contributed by atoms with Crippen LogP contribution in [0.15, 0.2) is 54.6 Å². The van der Waals surface area contributed by atoms with Gasteiger partial charge in [-0.15, -0.1) is 0 Å². The smallest absolute Gasteiger partial charge is 0.422 e. The Labute approximate surface area is 103 Å². The SMILES string of the molecule is FC(F)(F)COc1cccc(-c2ccccc2)c1. The standard InChI is InChI=1S/C14H11F3O/c15-14(16,17)10-18-13-8-4-7-12(9-13)11-5-2-1-3-6-11/h1-9H,10H2. The average Bonchev–Trinajstić information content (AvgIpc) is 2.37. The number of alkyl halides is 3. The van der Waals surface area contributed by atoms with Crippen LogP contribution in [0.5, 0.6) is 5.75 Å². The lowest BCUT2D eigenvalue weighted by atomic mass is 10.1. The molecule has 0 heterocycles. The van der Waals surface area contributed by atoms with Crippen molar-refractivity contribution in [3.8, 4) is 16.9 Å². The zero-order valence-corrected chi connectivity index (χ0v) is 9.45. The number of rotatable bonds is 3. The third kappa shape index (κ3) is 3.52. The van der Waals surface area contributed by atoms with Gasteiger partial charge in [0.1, 0.15) is 5.75 Å². The minimum Gasteiger partial charge on any atom is -0.484 e. The average molecular weight is 252 g/mol. The van der Waals surface area contributed by atoms with Crippen LogP contribution in [-0.2, 0) is 0 Å². The summed E-state index contributed by atoms with van der Waals surface area (Å²) < 4.78 is 40.8. The lowest BCUT2D eigenvalue weighted by Gasteiger charge is -2.10. The first-order valence-corrected chi connectivity index (χ1v) is 5.40. The molecular weight excluding hydrogens is 241 g/mol. The second-order valence-electron chi connectivity index (χ2n) is 3.80. The summed E-state index contributed by atoms with van der Waals surface area (Å²) in [7, 11) is 0. The second-order valence-corrected chi connectivity index (χ2v) is 3.80. The fourth-order valence-corrected chi connectivity index (χ4v) is 1.56. The highest BCUT2D eigenvalue weighted by molar-refractivity contribution is 5.64. The Morgan fingerprint density at radius 2 is 1.50 bits per heavy atom. The van der Waals surface area contributed by atoms with E-state index in [1.165, 1.54) is 6.07 Å². The highest BCUT2D eigenvalue weighted by Gasteiger charge is 2.28. The van der Waals surface area contributed by atoms with E-state index in [0.29, 0.717) is 0 Å². The van der Waals surface area contributed by atoms with E-state index in [1.807, 2.05) is 36.4 Å². The minimum atomic E-state index is -4.32. The van der Waals surface area contributed by atoms with Crippen molar-refractivity contribution in [1.82, 2.24) is 0 Å². The maximum atomic E-state index is 12.0. The van der Waals surface area contributed by atoms with Crippen LogP contribution in [0, 0.1) is 0 Å². The normalized spacial score (nSPS) is 11.3. The molecule has 18 heavy (non-hydrogen) atoms. The molecule has 0 aliphatic rings. The van der Waals surface area contributed by atoms with Gasteiger partial charge < -0.3 is 4.74 Å². The fourth-order valence-electron chi connectivity index (χ4n) is 1.56. The van der Waals surface area contributed by atoms with Crippen LogP contribution < -0.4 is 4.74 Å². The van der Waals surface area contributed by atoms with Crippen molar-refractivity contribution < 1.29 is 17.9 Å². The molecule has 0 aromatic heterocycles. The van der Waals surface area contributed by atoms with E-state index in [-0.39, 0.29) is 5.75 Å². The van der Waals surface area contributed by atoms with Gasteiger partial charge >= 0.3 is 6.18 Å². The number of ether oxygens (including phenoxy) is 1. The van der Waals surface area contributed by atoms with Crippen molar-refractivity contribution in [3.63, 3.8) is 0 Å². The van der Waals surface area contributed by atoms with Gasteiger partial charge in [0.25, 0.3) is 0 Å². The summed E-state index contributed by atoms with van der Waals surface area (Å²) in [6.45, 7) is -1.27. The highest BCUT2D eigenvalue weighted by atomic mass is 19.4. The monoisotopic (exact) mass is 252 g/mol. The molecule has 0 atom stereocenters.